The summed E-state index contributed by atoms with van der Waals surface area (Å²) in [6.07, 6.45) is 6.92. The van der Waals surface area contributed by atoms with Gasteiger partial charge in [-0.25, -0.2) is 9.18 Å². The van der Waals surface area contributed by atoms with Gasteiger partial charge in [-0.15, -0.1) is 0 Å². The number of benzene rings is 3. The van der Waals surface area contributed by atoms with Gasteiger partial charge in [0.15, 0.2) is 5.75 Å². The molecule has 1 amide bonds. The number of methoxy groups -OCH3 is 1. The molecule has 3 aromatic carbocycles. The topological polar surface area (TPSA) is 279 Å². The van der Waals surface area contributed by atoms with Gasteiger partial charge in [0.05, 0.1) is 87.7 Å². The number of phenols is 3. The van der Waals surface area contributed by atoms with Crippen LogP contribution in [0.15, 0.2) is 58.3 Å². The molecular formula is C55H63ClFN5O15. The largest absolute Gasteiger partial charge is 0.507 e. The fourth-order valence-electron chi connectivity index (χ4n) is 10.6. The number of nitrogens with zero attached hydrogens (tertiary/aromatic N) is 4. The van der Waals surface area contributed by atoms with Gasteiger partial charge in [0.1, 0.15) is 34.7 Å². The van der Waals surface area contributed by atoms with Crippen LogP contribution in [-0.2, 0) is 23.8 Å². The Bertz CT molecular complexity index is 3270. The van der Waals surface area contributed by atoms with Crippen LogP contribution in [0.5, 0.6) is 23.0 Å². The lowest BCUT2D eigenvalue weighted by atomic mass is 9.78. The Kier molecular flexibility index (Phi) is 15.8. The van der Waals surface area contributed by atoms with Crippen molar-refractivity contribution in [2.45, 2.75) is 104 Å². The number of ether oxygens (including phenoxy) is 4. The van der Waals surface area contributed by atoms with Gasteiger partial charge in [0.2, 0.25) is 5.43 Å². The number of allylic oxidation sites excluding steroid dienone is 2. The number of pyridine rings is 1. The fourth-order valence-corrected chi connectivity index (χ4v) is 11.0. The summed E-state index contributed by atoms with van der Waals surface area (Å²) in [5.74, 6) is -11.6. The molecule has 0 radical (unpaired) electrons. The first kappa shape index (κ1) is 56.0. The Morgan fingerprint density at radius 2 is 1.62 bits per heavy atom. The van der Waals surface area contributed by atoms with Gasteiger partial charge in [-0.3, -0.25) is 24.2 Å². The number of aromatic hydroxyl groups is 3. The van der Waals surface area contributed by atoms with E-state index in [4.69, 9.17) is 30.5 Å². The Morgan fingerprint density at radius 3 is 2.25 bits per heavy atom. The lowest BCUT2D eigenvalue weighted by molar-refractivity contribution is -0.160. The number of fused-ring (bicyclic) bond motifs is 15. The molecule has 1 saturated heterocycles. The number of halogens is 2. The number of aromatic carboxylic acids is 1. The van der Waals surface area contributed by atoms with E-state index in [2.05, 4.69) is 10.4 Å². The van der Waals surface area contributed by atoms with Crippen molar-refractivity contribution in [2.24, 2.45) is 28.8 Å². The van der Waals surface area contributed by atoms with Gasteiger partial charge in [-0.1, -0.05) is 57.5 Å². The summed E-state index contributed by atoms with van der Waals surface area (Å²) in [6.45, 7) is 12.7. The number of carboxylic acids is 1. The molecule has 7 N–H and O–H groups in total. The highest BCUT2D eigenvalue weighted by atomic mass is 35.5. The Labute approximate surface area is 447 Å². The lowest BCUT2D eigenvalue weighted by Gasteiger charge is -2.38. The Hall–Kier alpha value is -7.20. The van der Waals surface area contributed by atoms with E-state index in [-0.39, 0.29) is 87.2 Å². The summed E-state index contributed by atoms with van der Waals surface area (Å²) in [6, 6.07) is 0.884. The minimum absolute atomic E-state index is 0.00567. The number of hydrogen-bond donors (Lipinski definition) is 7. The molecule has 5 heterocycles. The second-order valence-electron chi connectivity index (χ2n) is 20.5. The summed E-state index contributed by atoms with van der Waals surface area (Å²) >= 11 is 6.92. The Balaban J connectivity index is 1.19. The molecule has 22 heteroatoms. The van der Waals surface area contributed by atoms with Crippen LogP contribution in [0, 0.1) is 36.4 Å². The normalized spacial score (nSPS) is 28.1. The lowest BCUT2D eigenvalue weighted by Crippen LogP contribution is -2.46. The first-order valence-corrected chi connectivity index (χ1v) is 25.6. The second-order valence-corrected chi connectivity index (χ2v) is 20.9. The summed E-state index contributed by atoms with van der Waals surface area (Å²) in [7, 11) is 1.41. The minimum atomic E-state index is -2.15. The van der Waals surface area contributed by atoms with Crippen LogP contribution in [-0.4, -0.2) is 134 Å². The first-order valence-electron chi connectivity index (χ1n) is 25.2. The maximum absolute atomic E-state index is 16.1. The molecule has 9 atom stereocenters. The van der Waals surface area contributed by atoms with Gasteiger partial charge in [0, 0.05) is 86.5 Å². The molecular weight excluding hydrogens is 1030 g/mol. The van der Waals surface area contributed by atoms with Crippen LogP contribution in [0.2, 0.25) is 5.02 Å². The summed E-state index contributed by atoms with van der Waals surface area (Å²) < 4.78 is 41.4. The molecule has 20 nitrogen and oxygen atoms in total. The molecule has 2 fully saturated rings. The van der Waals surface area contributed by atoms with Crippen molar-refractivity contribution >= 4 is 74.5 Å². The first-order chi connectivity index (χ1) is 36.3. The average molecular weight is 1090 g/mol. The number of carboxylic acid groups (broad SMARTS) is 1. The van der Waals surface area contributed by atoms with Crippen LogP contribution in [0.25, 0.3) is 21.7 Å². The molecule has 1 aliphatic carbocycles. The van der Waals surface area contributed by atoms with Crippen molar-refractivity contribution in [3.63, 3.8) is 0 Å². The standard InChI is InChI=1S/C55H63ClFN5O15/c1-24-11-10-12-25(2)53(71)59-41-33(22-58-61-18-16-60(17-19-61)43-35(57)21-32-42(40(43)56)62(31-13-14-31)23-34(47(32)67)54(72)73)48(68)37-38(49(41)69)46(66)29(6)51-39(37)52(70)55(8,77-51)75-20-15-36(74-9)26(3)50(76-30(7)63)28(5)45(65)27(4)44(24)64/h10-12,15,20-24,26-28,31,36,44-45,50,64-66,68-69H,13-14,16-19H2,1-9H3,(H,59,71)(H,72,73)/b11-10+,20-15+,25-12-,58-22+/t24-,26+,27+,28+,36-,44-,45+,50+,55-/m0/s1. The predicted octanol–water partition coefficient (Wildman–Crippen LogP) is 7.05. The second kappa shape index (κ2) is 21.7. The number of aliphatic hydroxyl groups is 2. The van der Waals surface area contributed by atoms with Crippen molar-refractivity contribution in [2.75, 3.05) is 43.5 Å². The maximum Gasteiger partial charge on any atom is 0.341 e. The van der Waals surface area contributed by atoms with Crippen LogP contribution >= 0.6 is 11.6 Å². The Morgan fingerprint density at radius 1 is 0.948 bits per heavy atom. The van der Waals surface area contributed by atoms with Gasteiger partial charge >= 0.3 is 17.7 Å². The third-order valence-electron chi connectivity index (χ3n) is 15.3. The molecule has 1 saturated carbocycles. The molecule has 412 valence electrons. The van der Waals surface area contributed by atoms with E-state index in [1.807, 2.05) is 0 Å². The average Bonchev–Trinajstić information content (AvgIpc) is 4.21. The van der Waals surface area contributed by atoms with E-state index in [1.54, 1.807) is 48.2 Å². The highest BCUT2D eigenvalue weighted by Crippen LogP contribution is 2.55. The highest BCUT2D eigenvalue weighted by Gasteiger charge is 2.50. The van der Waals surface area contributed by atoms with Crippen LogP contribution in [0.4, 0.5) is 15.8 Å². The van der Waals surface area contributed by atoms with Gasteiger partial charge in [-0.05, 0) is 38.8 Å². The number of nitrogens with one attached hydrogen (secondary N) is 1. The number of carbonyl (C=O) groups is 4. The molecule has 77 heavy (non-hydrogen) atoms. The van der Waals surface area contributed by atoms with E-state index in [0.717, 1.165) is 18.5 Å². The number of aliphatic hydroxyl groups excluding tert-OH is 2. The number of anilines is 2. The number of aromatic nitrogens is 1. The number of hydrogen-bond acceptors (Lipinski definition) is 17. The van der Waals surface area contributed by atoms with E-state index < -0.39 is 123 Å². The van der Waals surface area contributed by atoms with E-state index in [9.17, 15) is 54.6 Å². The zero-order valence-corrected chi connectivity index (χ0v) is 44.7. The van der Waals surface area contributed by atoms with Crippen LogP contribution in [0.1, 0.15) is 99.2 Å². The van der Waals surface area contributed by atoms with Gasteiger partial charge in [-0.2, -0.15) is 5.10 Å². The number of rotatable bonds is 7. The molecule has 0 spiro atoms. The fraction of sp³-hybridized carbons (Fsp3) is 0.455. The third kappa shape index (κ3) is 10.3. The number of ketones is 1. The number of hydrazone groups is 1. The molecule has 5 aliphatic rings. The monoisotopic (exact) mass is 1090 g/mol. The summed E-state index contributed by atoms with van der Waals surface area (Å²) in [5, 5.41) is 77.0. The van der Waals surface area contributed by atoms with Crippen molar-refractivity contribution in [3.8, 4) is 23.0 Å². The highest BCUT2D eigenvalue weighted by molar-refractivity contribution is 6.38. The smallest absolute Gasteiger partial charge is 0.341 e. The van der Waals surface area contributed by atoms with Gasteiger partial charge in [0.25, 0.3) is 11.7 Å². The van der Waals surface area contributed by atoms with Gasteiger partial charge < -0.3 is 64.4 Å². The predicted molar refractivity (Wildman–Crippen MR) is 284 cm³/mol. The van der Waals surface area contributed by atoms with Crippen molar-refractivity contribution in [1.29, 1.82) is 0 Å². The number of amides is 1. The molecule has 4 aliphatic heterocycles. The molecule has 1 aromatic heterocycles. The molecule has 5 bridgehead atoms. The van der Waals surface area contributed by atoms with E-state index >= 15 is 4.39 Å². The zero-order chi connectivity index (χ0) is 56.3. The van der Waals surface area contributed by atoms with Crippen LogP contribution in [0.3, 0.4) is 0 Å². The van der Waals surface area contributed by atoms with E-state index in [1.165, 1.54) is 59.2 Å². The number of piperazine rings is 1. The maximum atomic E-state index is 16.1. The summed E-state index contributed by atoms with van der Waals surface area (Å²) in [4.78, 5) is 68.0. The number of Topliss-reactive ketones (excluding diaryl/α,β-unsaturated/α-hetero) is 1. The number of phenolic OH excluding ortho intramolecular Hbond substituents is 3. The summed E-state index contributed by atoms with van der Waals surface area (Å²) in [5.41, 5.74) is -2.05. The van der Waals surface area contributed by atoms with E-state index in [0.29, 0.717) is 12.8 Å². The minimum Gasteiger partial charge on any atom is -0.507 e. The van der Waals surface area contributed by atoms with Crippen molar-refractivity contribution in [1.82, 2.24) is 9.58 Å². The molecule has 4 aromatic rings. The van der Waals surface area contributed by atoms with Crippen molar-refractivity contribution < 1.29 is 73.2 Å². The molecule has 0 unspecified atom stereocenters. The number of carbonyl (C=O) groups excluding carboxylic acids is 3. The zero-order valence-electron chi connectivity index (χ0n) is 44.0. The van der Waals surface area contributed by atoms with Crippen LogP contribution < -0.4 is 20.4 Å². The SMILES string of the molecule is CO[C@H]1/C=C/O[C@@]2(C)Oc3c(C)c(O)c4c(O)c(c(/C=N/N5CCN(c6c(F)cc7c(=O)c(C(=O)O)cn(C8CC8)c7c6Cl)CC5)c(O)c4c3C2=O)NC(=O)/C(C)=C\C=C\[C@H](C)[C@H](O)[C@@H](C)[C@@H](O)[C@@H](C)[C@H](OC(C)=O)[C@@H]1C. The molecule has 9 rings (SSSR count). The quantitative estimate of drug-likeness (QED) is 0.0422. The van der Waals surface area contributed by atoms with Crippen molar-refractivity contribution in [3.05, 3.63) is 91.7 Å². The third-order valence-corrected chi connectivity index (χ3v) is 15.7. The number of esters is 1.